The van der Waals surface area contributed by atoms with Crippen LogP contribution >= 0.6 is 11.6 Å². The van der Waals surface area contributed by atoms with E-state index in [-0.39, 0.29) is 10.8 Å². The average molecular weight is 417 g/mol. The summed E-state index contributed by atoms with van der Waals surface area (Å²) in [5.74, 6) is 4.53. The van der Waals surface area contributed by atoms with Crippen LogP contribution in [-0.4, -0.2) is 14.9 Å². The van der Waals surface area contributed by atoms with Crippen molar-refractivity contribution >= 4 is 20.6 Å². The summed E-state index contributed by atoms with van der Waals surface area (Å²) in [6, 6.07) is 7.00. The molecule has 4 bridgehead atoms. The Morgan fingerprint density at radius 2 is 1.82 bits per heavy atom. The zero-order valence-corrected chi connectivity index (χ0v) is 20.3. The summed E-state index contributed by atoms with van der Waals surface area (Å²) < 4.78 is 6.73. The molecule has 3 heteroatoms. The summed E-state index contributed by atoms with van der Waals surface area (Å²) in [7, 11) is -1.21. The van der Waals surface area contributed by atoms with Gasteiger partial charge in [0.2, 0.25) is 9.04 Å². The first-order chi connectivity index (χ1) is 13.2. The van der Waals surface area contributed by atoms with Gasteiger partial charge >= 0.3 is 0 Å². The average Bonchev–Trinajstić information content (AvgIpc) is 2.59. The molecule has 4 fully saturated rings. The van der Waals surface area contributed by atoms with Gasteiger partial charge in [-0.2, -0.15) is 0 Å². The van der Waals surface area contributed by atoms with Crippen molar-refractivity contribution in [1.82, 2.24) is 0 Å². The molecule has 1 aromatic carbocycles. The van der Waals surface area contributed by atoms with Crippen LogP contribution < -0.4 is 4.43 Å². The second-order valence-corrected chi connectivity index (χ2v) is 13.6. The molecule has 1 nitrogen and oxygen atoms in total. The molecule has 2 atom stereocenters. The van der Waals surface area contributed by atoms with Gasteiger partial charge in [-0.15, -0.1) is 11.6 Å². The first-order valence-electron chi connectivity index (χ1n) is 11.3. The molecule has 4 aliphatic rings. The van der Waals surface area contributed by atoms with Crippen molar-refractivity contribution in [3.63, 3.8) is 0 Å². The van der Waals surface area contributed by atoms with Gasteiger partial charge in [-0.3, -0.25) is 0 Å². The van der Waals surface area contributed by atoms with Gasteiger partial charge in [-0.1, -0.05) is 50.6 Å². The predicted octanol–water partition coefficient (Wildman–Crippen LogP) is 6.98. The Labute approximate surface area is 178 Å². The Bertz CT molecular complexity index is 746. The van der Waals surface area contributed by atoms with Crippen LogP contribution in [0.25, 0.3) is 0 Å². The van der Waals surface area contributed by atoms with Crippen LogP contribution in [0.2, 0.25) is 13.1 Å². The maximum Gasteiger partial charge on any atom is 0.229 e. The van der Waals surface area contributed by atoms with E-state index in [2.05, 4.69) is 58.1 Å². The summed E-state index contributed by atoms with van der Waals surface area (Å²) in [6.45, 7) is 11.6. The number of hydrogen-bond donors (Lipinski definition) is 0. The highest BCUT2D eigenvalue weighted by Gasteiger charge is 2.55. The van der Waals surface area contributed by atoms with E-state index in [4.69, 9.17) is 16.0 Å². The molecule has 28 heavy (non-hydrogen) atoms. The molecule has 0 spiro atoms. The molecule has 4 aliphatic carbocycles. The fraction of sp³-hybridized carbons (Fsp3) is 0.680. The molecular formula is C25H37ClOSi. The van der Waals surface area contributed by atoms with Gasteiger partial charge in [0.15, 0.2) is 0 Å². The fourth-order valence-corrected chi connectivity index (χ4v) is 7.50. The largest absolute Gasteiger partial charge is 0.547 e. The summed E-state index contributed by atoms with van der Waals surface area (Å²) in [4.78, 5) is 0. The van der Waals surface area contributed by atoms with Crippen molar-refractivity contribution < 1.29 is 4.43 Å². The lowest BCUT2D eigenvalue weighted by atomic mass is 9.45. The molecule has 1 aromatic rings. The standard InChI is InChI=1S/C25H37ClOSi/c1-24(2,3)21-8-6-9-22(23(21)27-28(4)5)25-15-17-12-18(16-25)14-19(13-17)20(25)10-7-11-26/h6,8-10,17-19,28H,7,11-16H2,1-5H3. The van der Waals surface area contributed by atoms with Gasteiger partial charge in [0, 0.05) is 16.9 Å². The number of benzene rings is 1. The van der Waals surface area contributed by atoms with Crippen LogP contribution in [0.5, 0.6) is 5.75 Å². The molecule has 0 saturated heterocycles. The smallest absolute Gasteiger partial charge is 0.229 e. The molecule has 0 radical (unpaired) electrons. The Hall–Kier alpha value is -0.733. The highest BCUT2D eigenvalue weighted by Crippen LogP contribution is 2.65. The van der Waals surface area contributed by atoms with Crippen molar-refractivity contribution in [1.29, 1.82) is 0 Å². The topological polar surface area (TPSA) is 9.23 Å². The predicted molar refractivity (Wildman–Crippen MR) is 123 cm³/mol. The third-order valence-electron chi connectivity index (χ3n) is 7.33. The Morgan fingerprint density at radius 1 is 1.14 bits per heavy atom. The lowest BCUT2D eigenvalue weighted by molar-refractivity contribution is 0.0455. The lowest BCUT2D eigenvalue weighted by Gasteiger charge is -2.59. The van der Waals surface area contributed by atoms with Crippen LogP contribution in [0.1, 0.15) is 70.4 Å². The number of alkyl halides is 1. The first kappa shape index (κ1) is 20.5. The monoisotopic (exact) mass is 416 g/mol. The highest BCUT2D eigenvalue weighted by molar-refractivity contribution is 6.49. The molecule has 0 aromatic heterocycles. The second kappa shape index (κ2) is 7.51. The molecule has 0 amide bonds. The number of rotatable bonds is 5. The molecule has 0 heterocycles. The minimum absolute atomic E-state index is 0.0942. The third-order valence-corrected chi connectivity index (χ3v) is 8.26. The number of hydrogen-bond acceptors (Lipinski definition) is 1. The zero-order chi connectivity index (χ0) is 20.1. The van der Waals surface area contributed by atoms with Crippen molar-refractivity contribution in [2.75, 3.05) is 5.88 Å². The Balaban J connectivity index is 1.90. The molecule has 2 unspecified atom stereocenters. The van der Waals surface area contributed by atoms with Crippen molar-refractivity contribution in [2.24, 2.45) is 17.8 Å². The van der Waals surface area contributed by atoms with Crippen molar-refractivity contribution in [3.05, 3.63) is 41.0 Å². The van der Waals surface area contributed by atoms with Crippen molar-refractivity contribution in [2.45, 2.75) is 83.2 Å². The summed E-state index contributed by atoms with van der Waals surface area (Å²) in [5.41, 5.74) is 4.89. The van der Waals surface area contributed by atoms with Gasteiger partial charge in [-0.05, 0) is 80.4 Å². The van der Waals surface area contributed by atoms with Gasteiger partial charge < -0.3 is 4.43 Å². The van der Waals surface area contributed by atoms with Crippen LogP contribution in [0, 0.1) is 17.8 Å². The molecule has 4 saturated carbocycles. The van der Waals surface area contributed by atoms with Crippen molar-refractivity contribution in [3.8, 4) is 5.75 Å². The van der Waals surface area contributed by atoms with Crippen LogP contribution in [-0.2, 0) is 10.8 Å². The van der Waals surface area contributed by atoms with Crippen LogP contribution in [0.3, 0.4) is 0 Å². The maximum atomic E-state index is 6.73. The first-order valence-corrected chi connectivity index (χ1v) is 14.6. The number of allylic oxidation sites excluding steroid dienone is 2. The molecule has 154 valence electrons. The van der Waals surface area contributed by atoms with Gasteiger partial charge in [0.05, 0.1) is 0 Å². The van der Waals surface area contributed by atoms with E-state index in [9.17, 15) is 0 Å². The van der Waals surface area contributed by atoms with E-state index in [0.717, 1.165) is 30.1 Å². The van der Waals surface area contributed by atoms with E-state index >= 15 is 0 Å². The van der Waals surface area contributed by atoms with Crippen LogP contribution in [0.15, 0.2) is 29.8 Å². The number of halogens is 1. The highest BCUT2D eigenvalue weighted by atomic mass is 35.5. The quantitative estimate of drug-likeness (QED) is 0.285. The molecule has 0 N–H and O–H groups in total. The summed E-state index contributed by atoms with van der Waals surface area (Å²) in [6.07, 6.45) is 10.4. The van der Waals surface area contributed by atoms with Crippen LogP contribution in [0.4, 0.5) is 0 Å². The maximum absolute atomic E-state index is 6.73. The minimum atomic E-state index is -1.21. The van der Waals surface area contributed by atoms with Gasteiger partial charge in [-0.25, -0.2) is 0 Å². The SMILES string of the molecule is C[SiH](C)Oc1c(C(C)(C)C)cccc1C12CC3CC(CC(C3)C1=CCCCl)C2. The van der Waals surface area contributed by atoms with E-state index in [1.54, 1.807) is 5.57 Å². The van der Waals surface area contributed by atoms with E-state index in [1.165, 1.54) is 49.0 Å². The van der Waals surface area contributed by atoms with Gasteiger partial charge in [0.1, 0.15) is 5.75 Å². The summed E-state index contributed by atoms with van der Waals surface area (Å²) >= 11 is 6.13. The van der Waals surface area contributed by atoms with E-state index < -0.39 is 9.04 Å². The molecule has 0 aliphatic heterocycles. The normalized spacial score (nSPS) is 33.1. The lowest BCUT2D eigenvalue weighted by Crippen LogP contribution is -2.50. The fourth-order valence-electron chi connectivity index (χ4n) is 6.66. The number of para-hydroxylation sites is 1. The minimum Gasteiger partial charge on any atom is -0.547 e. The van der Waals surface area contributed by atoms with E-state index in [0.29, 0.717) is 0 Å². The van der Waals surface area contributed by atoms with E-state index in [1.807, 2.05) is 0 Å². The zero-order valence-electron chi connectivity index (χ0n) is 18.4. The third kappa shape index (κ3) is 3.49. The second-order valence-electron chi connectivity index (χ2n) is 10.9. The molecular weight excluding hydrogens is 380 g/mol. The Morgan fingerprint density at radius 3 is 2.39 bits per heavy atom. The molecule has 5 rings (SSSR count). The van der Waals surface area contributed by atoms with Gasteiger partial charge in [0.25, 0.3) is 0 Å². The summed E-state index contributed by atoms with van der Waals surface area (Å²) in [5, 5.41) is 0. The Kier molecular flexibility index (Phi) is 5.50.